The Hall–Kier alpha value is -2.87. The summed E-state index contributed by atoms with van der Waals surface area (Å²) in [4.78, 5) is 36.3. The van der Waals surface area contributed by atoms with Crippen molar-refractivity contribution in [1.29, 1.82) is 0 Å². The summed E-state index contributed by atoms with van der Waals surface area (Å²) in [6, 6.07) is 3.30. The average Bonchev–Trinajstić information content (AvgIpc) is 3.20. The van der Waals surface area contributed by atoms with Crippen molar-refractivity contribution in [3.8, 4) is 11.5 Å². The van der Waals surface area contributed by atoms with Crippen molar-refractivity contribution < 1.29 is 14.3 Å². The first kappa shape index (κ1) is 20.4. The Morgan fingerprint density at radius 1 is 1.20 bits per heavy atom. The minimum Gasteiger partial charge on any atom is -0.493 e. The van der Waals surface area contributed by atoms with Crippen molar-refractivity contribution in [2.75, 3.05) is 20.8 Å². The SMILES string of the molecule is CCN(Cc1nc2cc(OC)c(OC)cc2c(=O)[nH]1)C(=O)c1csc2c1CCCC2. The molecule has 0 fully saturated rings. The lowest BCUT2D eigenvalue weighted by molar-refractivity contribution is 0.0747. The quantitative estimate of drug-likeness (QED) is 0.650. The highest BCUT2D eigenvalue weighted by molar-refractivity contribution is 7.10. The highest BCUT2D eigenvalue weighted by atomic mass is 32.1. The number of hydrogen-bond acceptors (Lipinski definition) is 6. The predicted octanol–water partition coefficient (Wildman–Crippen LogP) is 3.54. The molecule has 8 heteroatoms. The molecule has 0 aliphatic heterocycles. The van der Waals surface area contributed by atoms with Crippen molar-refractivity contribution in [1.82, 2.24) is 14.9 Å². The van der Waals surface area contributed by atoms with Gasteiger partial charge in [-0.2, -0.15) is 0 Å². The number of H-pyrrole nitrogens is 1. The van der Waals surface area contributed by atoms with E-state index < -0.39 is 0 Å². The number of amides is 1. The number of fused-ring (bicyclic) bond motifs is 2. The fourth-order valence-electron chi connectivity index (χ4n) is 3.94. The van der Waals surface area contributed by atoms with Gasteiger partial charge in [-0.3, -0.25) is 9.59 Å². The highest BCUT2D eigenvalue weighted by Gasteiger charge is 2.24. The fourth-order valence-corrected chi connectivity index (χ4v) is 5.06. The number of methoxy groups -OCH3 is 2. The van der Waals surface area contributed by atoms with Gasteiger partial charge in [0.2, 0.25) is 0 Å². The van der Waals surface area contributed by atoms with E-state index in [2.05, 4.69) is 9.97 Å². The van der Waals surface area contributed by atoms with E-state index in [-0.39, 0.29) is 18.0 Å². The van der Waals surface area contributed by atoms with Gasteiger partial charge in [0.15, 0.2) is 11.5 Å². The number of carbonyl (C=O) groups is 1. The molecule has 7 nitrogen and oxygen atoms in total. The number of carbonyl (C=O) groups excluding carboxylic acids is 1. The Morgan fingerprint density at radius 2 is 1.93 bits per heavy atom. The van der Waals surface area contributed by atoms with Crippen LogP contribution in [0.4, 0.5) is 0 Å². The maximum Gasteiger partial charge on any atom is 0.258 e. The van der Waals surface area contributed by atoms with Crippen molar-refractivity contribution in [3.05, 3.63) is 49.7 Å². The second-order valence-corrected chi connectivity index (χ2v) is 8.28. The monoisotopic (exact) mass is 427 g/mol. The summed E-state index contributed by atoms with van der Waals surface area (Å²) < 4.78 is 10.6. The van der Waals surface area contributed by atoms with Crippen LogP contribution in [0.15, 0.2) is 22.3 Å². The zero-order chi connectivity index (χ0) is 21.3. The first-order valence-electron chi connectivity index (χ1n) is 10.1. The van der Waals surface area contributed by atoms with Gasteiger partial charge in [-0.05, 0) is 44.2 Å². The Kier molecular flexibility index (Phi) is 5.76. The minimum atomic E-state index is -0.271. The molecule has 2 heterocycles. The number of ether oxygens (including phenoxy) is 2. The summed E-state index contributed by atoms with van der Waals surface area (Å²) in [7, 11) is 3.06. The van der Waals surface area contributed by atoms with Crippen LogP contribution in [0, 0.1) is 0 Å². The smallest absolute Gasteiger partial charge is 0.258 e. The molecular weight excluding hydrogens is 402 g/mol. The summed E-state index contributed by atoms with van der Waals surface area (Å²) >= 11 is 1.68. The Morgan fingerprint density at radius 3 is 2.67 bits per heavy atom. The lowest BCUT2D eigenvalue weighted by Crippen LogP contribution is -2.32. The van der Waals surface area contributed by atoms with Crippen LogP contribution < -0.4 is 15.0 Å². The first-order valence-corrected chi connectivity index (χ1v) is 11.0. The molecule has 30 heavy (non-hydrogen) atoms. The summed E-state index contributed by atoms with van der Waals surface area (Å²) in [5.41, 5.74) is 2.23. The molecule has 3 aromatic rings. The van der Waals surface area contributed by atoms with Crippen molar-refractivity contribution >= 4 is 28.1 Å². The first-order chi connectivity index (χ1) is 14.5. The van der Waals surface area contributed by atoms with E-state index in [1.54, 1.807) is 28.4 Å². The van der Waals surface area contributed by atoms with E-state index in [0.29, 0.717) is 34.8 Å². The van der Waals surface area contributed by atoms with Gasteiger partial charge in [0, 0.05) is 22.9 Å². The Labute approximate surface area is 178 Å². The molecule has 0 radical (unpaired) electrons. The van der Waals surface area contributed by atoms with Crippen LogP contribution >= 0.6 is 11.3 Å². The van der Waals surface area contributed by atoms with Gasteiger partial charge in [0.1, 0.15) is 5.82 Å². The van der Waals surface area contributed by atoms with Gasteiger partial charge in [0.25, 0.3) is 11.5 Å². The van der Waals surface area contributed by atoms with Gasteiger partial charge in [-0.15, -0.1) is 11.3 Å². The standard InChI is InChI=1S/C22H25N3O4S/c1-4-25(22(27)15-12-30-19-8-6-5-7-13(15)19)11-20-23-16-10-18(29-3)17(28-2)9-14(16)21(26)24-20/h9-10,12H,4-8,11H2,1-3H3,(H,23,24,26). The number of nitrogens with one attached hydrogen (secondary N) is 1. The third kappa shape index (κ3) is 3.67. The van der Waals surface area contributed by atoms with E-state index in [9.17, 15) is 9.59 Å². The molecule has 1 aliphatic carbocycles. The lowest BCUT2D eigenvalue weighted by atomic mass is 9.95. The molecule has 0 bridgehead atoms. The van der Waals surface area contributed by atoms with E-state index in [1.807, 2.05) is 12.3 Å². The minimum absolute atomic E-state index is 0.00745. The maximum atomic E-state index is 13.2. The topological polar surface area (TPSA) is 84.5 Å². The molecule has 2 aromatic heterocycles. The lowest BCUT2D eigenvalue weighted by Gasteiger charge is -2.22. The molecule has 1 N–H and O–H groups in total. The molecule has 1 aliphatic rings. The van der Waals surface area contributed by atoms with Crippen LogP contribution in [0.3, 0.4) is 0 Å². The van der Waals surface area contributed by atoms with Crippen LogP contribution in [0.2, 0.25) is 0 Å². The van der Waals surface area contributed by atoms with Crippen LogP contribution in [0.5, 0.6) is 11.5 Å². The molecule has 1 amide bonds. The molecule has 0 saturated carbocycles. The number of rotatable bonds is 6. The summed E-state index contributed by atoms with van der Waals surface area (Å²) in [6.07, 6.45) is 4.34. The number of thiophene rings is 1. The van der Waals surface area contributed by atoms with Crippen molar-refractivity contribution in [2.24, 2.45) is 0 Å². The van der Waals surface area contributed by atoms with Crippen LogP contribution in [-0.4, -0.2) is 41.5 Å². The Balaban J connectivity index is 1.65. The molecule has 4 rings (SSSR count). The number of aromatic nitrogens is 2. The Bertz CT molecular complexity index is 1150. The second kappa shape index (κ2) is 8.47. The predicted molar refractivity (Wildman–Crippen MR) is 117 cm³/mol. The van der Waals surface area contributed by atoms with Crippen molar-refractivity contribution in [3.63, 3.8) is 0 Å². The van der Waals surface area contributed by atoms with Gasteiger partial charge in [-0.1, -0.05) is 0 Å². The van der Waals surface area contributed by atoms with E-state index in [0.717, 1.165) is 24.8 Å². The number of nitrogens with zero attached hydrogens (tertiary/aromatic N) is 2. The van der Waals surface area contributed by atoms with Crippen LogP contribution in [-0.2, 0) is 19.4 Å². The van der Waals surface area contributed by atoms with Gasteiger partial charge >= 0.3 is 0 Å². The maximum absolute atomic E-state index is 13.2. The number of aromatic amines is 1. The fraction of sp³-hybridized carbons (Fsp3) is 0.409. The van der Waals surface area contributed by atoms with Crippen LogP contribution in [0.25, 0.3) is 10.9 Å². The van der Waals surface area contributed by atoms with Gasteiger partial charge in [-0.25, -0.2) is 4.98 Å². The van der Waals surface area contributed by atoms with E-state index >= 15 is 0 Å². The molecular formula is C22H25N3O4S. The van der Waals surface area contributed by atoms with Gasteiger partial charge in [0.05, 0.1) is 37.2 Å². The normalized spacial score (nSPS) is 13.2. The molecule has 158 valence electrons. The number of hydrogen-bond donors (Lipinski definition) is 1. The zero-order valence-corrected chi connectivity index (χ0v) is 18.2. The molecule has 0 spiro atoms. The van der Waals surface area contributed by atoms with Crippen molar-refractivity contribution in [2.45, 2.75) is 39.2 Å². The molecule has 0 unspecified atom stereocenters. The molecule has 0 atom stereocenters. The second-order valence-electron chi connectivity index (χ2n) is 7.31. The molecule has 1 aromatic carbocycles. The third-order valence-corrected chi connectivity index (χ3v) is 6.65. The van der Waals surface area contributed by atoms with E-state index in [4.69, 9.17) is 9.47 Å². The zero-order valence-electron chi connectivity index (χ0n) is 17.4. The highest BCUT2D eigenvalue weighted by Crippen LogP contribution is 2.32. The summed E-state index contributed by atoms with van der Waals surface area (Å²) in [6.45, 7) is 2.69. The average molecular weight is 428 g/mol. The van der Waals surface area contributed by atoms with Gasteiger partial charge < -0.3 is 19.4 Å². The number of benzene rings is 1. The molecule has 0 saturated heterocycles. The summed E-state index contributed by atoms with van der Waals surface area (Å²) in [5, 5.41) is 2.40. The largest absolute Gasteiger partial charge is 0.493 e. The third-order valence-electron chi connectivity index (χ3n) is 5.56. The van der Waals surface area contributed by atoms with Crippen LogP contribution in [0.1, 0.15) is 46.4 Å². The summed E-state index contributed by atoms with van der Waals surface area (Å²) in [5.74, 6) is 1.41. The number of aryl methyl sites for hydroxylation is 1. The van der Waals surface area contributed by atoms with E-state index in [1.165, 1.54) is 31.1 Å².